The van der Waals surface area contributed by atoms with E-state index in [-0.39, 0.29) is 18.4 Å². The summed E-state index contributed by atoms with van der Waals surface area (Å²) in [5.41, 5.74) is 4.89. The highest BCUT2D eigenvalue weighted by Crippen LogP contribution is 2.42. The number of hydrogen-bond donors (Lipinski definition) is 2. The zero-order valence-electron chi connectivity index (χ0n) is 15.1. The minimum absolute atomic E-state index is 0.0152. The van der Waals surface area contributed by atoms with Crippen molar-refractivity contribution in [2.75, 3.05) is 11.9 Å². The van der Waals surface area contributed by atoms with E-state index >= 15 is 0 Å². The SMILES string of the molecule is Cc1ccccc1-n1nc(C)c2c1NC(=O)C[C@@H]2c1cc(C#CCO)cs1. The standard InChI is InChI=1S/C21H19N3O2S/c1-13-6-3-4-8-17(13)24-21-20(14(2)23-24)16(11-19(26)22-21)18-10-15(12-27-18)7-5-9-25/h3-4,6,8,10,12,16,25H,9,11H2,1-2H3,(H,22,26)/t16-/m1/s1. The van der Waals surface area contributed by atoms with Crippen LogP contribution >= 0.6 is 11.3 Å². The minimum Gasteiger partial charge on any atom is -0.384 e. The van der Waals surface area contributed by atoms with Gasteiger partial charge in [0.1, 0.15) is 12.4 Å². The Labute approximate surface area is 161 Å². The molecule has 0 saturated carbocycles. The summed E-state index contributed by atoms with van der Waals surface area (Å²) >= 11 is 1.59. The van der Waals surface area contributed by atoms with Crippen LogP contribution in [0.3, 0.4) is 0 Å². The predicted octanol–water partition coefficient (Wildman–Crippen LogP) is 3.37. The third-order valence-electron chi connectivity index (χ3n) is 4.72. The van der Waals surface area contributed by atoms with Gasteiger partial charge < -0.3 is 10.4 Å². The number of fused-ring (bicyclic) bond motifs is 1. The molecule has 1 amide bonds. The number of para-hydroxylation sites is 1. The first kappa shape index (κ1) is 17.5. The minimum atomic E-state index is -0.163. The topological polar surface area (TPSA) is 67.2 Å². The number of aliphatic hydroxyl groups excluding tert-OH is 1. The van der Waals surface area contributed by atoms with Crippen LogP contribution in [0.15, 0.2) is 35.7 Å². The van der Waals surface area contributed by atoms with Crippen LogP contribution in [-0.2, 0) is 4.79 Å². The van der Waals surface area contributed by atoms with Crippen LogP contribution in [0.4, 0.5) is 5.82 Å². The van der Waals surface area contributed by atoms with E-state index in [0.717, 1.165) is 38.8 Å². The molecule has 0 radical (unpaired) electrons. The zero-order chi connectivity index (χ0) is 19.0. The van der Waals surface area contributed by atoms with Crippen molar-refractivity contribution in [2.45, 2.75) is 26.2 Å². The molecule has 4 rings (SSSR count). The molecule has 2 N–H and O–H groups in total. The predicted molar refractivity (Wildman–Crippen MR) is 106 cm³/mol. The largest absolute Gasteiger partial charge is 0.384 e. The molecule has 0 unspecified atom stereocenters. The van der Waals surface area contributed by atoms with Gasteiger partial charge in [0.2, 0.25) is 5.91 Å². The zero-order valence-corrected chi connectivity index (χ0v) is 15.9. The monoisotopic (exact) mass is 377 g/mol. The van der Waals surface area contributed by atoms with Crippen LogP contribution < -0.4 is 5.32 Å². The number of carbonyl (C=O) groups excluding carboxylic acids is 1. The fraction of sp³-hybridized carbons (Fsp3) is 0.238. The second-order valence-corrected chi connectivity index (χ2v) is 7.49. The van der Waals surface area contributed by atoms with E-state index in [1.54, 1.807) is 11.3 Å². The summed E-state index contributed by atoms with van der Waals surface area (Å²) in [5.74, 6) is 6.29. The molecule has 0 bridgehead atoms. The Morgan fingerprint density at radius 2 is 2.19 bits per heavy atom. The molecule has 1 aliphatic rings. The van der Waals surface area contributed by atoms with Crippen molar-refractivity contribution in [3.63, 3.8) is 0 Å². The summed E-state index contributed by atoms with van der Waals surface area (Å²) in [6.07, 6.45) is 0.390. The molecule has 0 aliphatic carbocycles. The van der Waals surface area contributed by atoms with Crippen molar-refractivity contribution in [3.05, 3.63) is 63.0 Å². The number of rotatable bonds is 2. The van der Waals surface area contributed by atoms with E-state index in [1.807, 2.05) is 54.2 Å². The van der Waals surface area contributed by atoms with E-state index < -0.39 is 0 Å². The lowest BCUT2D eigenvalue weighted by Crippen LogP contribution is -2.24. The van der Waals surface area contributed by atoms with Gasteiger partial charge >= 0.3 is 0 Å². The van der Waals surface area contributed by atoms with Crippen LogP contribution in [0.25, 0.3) is 5.69 Å². The molecular weight excluding hydrogens is 358 g/mol. The van der Waals surface area contributed by atoms with Crippen molar-refractivity contribution < 1.29 is 9.90 Å². The summed E-state index contributed by atoms with van der Waals surface area (Å²) in [6, 6.07) is 10.0. The number of carbonyl (C=O) groups is 1. The second-order valence-electron chi connectivity index (χ2n) is 6.55. The molecule has 5 nitrogen and oxygen atoms in total. The molecular formula is C21H19N3O2S. The normalized spacial score (nSPS) is 15.7. The first-order valence-electron chi connectivity index (χ1n) is 8.72. The molecule has 6 heteroatoms. The molecule has 136 valence electrons. The maximum atomic E-state index is 12.5. The average Bonchev–Trinajstić information content (AvgIpc) is 3.25. The molecule has 27 heavy (non-hydrogen) atoms. The van der Waals surface area contributed by atoms with E-state index in [9.17, 15) is 4.79 Å². The maximum absolute atomic E-state index is 12.5. The highest BCUT2D eigenvalue weighted by atomic mass is 32.1. The van der Waals surface area contributed by atoms with Gasteiger partial charge in [0.05, 0.1) is 11.4 Å². The fourth-order valence-electron chi connectivity index (χ4n) is 3.51. The van der Waals surface area contributed by atoms with Crippen LogP contribution in [0, 0.1) is 25.7 Å². The van der Waals surface area contributed by atoms with E-state index in [0.29, 0.717) is 6.42 Å². The summed E-state index contributed by atoms with van der Waals surface area (Å²) in [7, 11) is 0. The van der Waals surface area contributed by atoms with Gasteiger partial charge in [-0.3, -0.25) is 4.79 Å². The Hall–Kier alpha value is -2.88. The van der Waals surface area contributed by atoms with Crippen molar-refractivity contribution in [3.8, 4) is 17.5 Å². The van der Waals surface area contributed by atoms with Crippen LogP contribution in [0.5, 0.6) is 0 Å². The van der Waals surface area contributed by atoms with Gasteiger partial charge in [-0.05, 0) is 31.5 Å². The molecule has 1 aromatic carbocycles. The van der Waals surface area contributed by atoms with Gasteiger partial charge in [0, 0.05) is 33.7 Å². The van der Waals surface area contributed by atoms with E-state index in [2.05, 4.69) is 17.2 Å². The molecule has 2 aromatic heterocycles. The Balaban J connectivity index is 1.82. The van der Waals surface area contributed by atoms with Crippen LogP contribution in [-0.4, -0.2) is 27.4 Å². The van der Waals surface area contributed by atoms with Crippen LogP contribution in [0.1, 0.15) is 39.6 Å². The lowest BCUT2D eigenvalue weighted by Gasteiger charge is -2.23. The van der Waals surface area contributed by atoms with Gasteiger partial charge in [-0.2, -0.15) is 5.10 Å². The number of thiophene rings is 1. The van der Waals surface area contributed by atoms with Crippen molar-refractivity contribution in [1.29, 1.82) is 0 Å². The third-order valence-corrected chi connectivity index (χ3v) is 5.77. The Morgan fingerprint density at radius 1 is 1.37 bits per heavy atom. The number of anilines is 1. The van der Waals surface area contributed by atoms with E-state index in [4.69, 9.17) is 10.2 Å². The van der Waals surface area contributed by atoms with Gasteiger partial charge in [-0.1, -0.05) is 30.0 Å². The number of benzene rings is 1. The highest BCUT2D eigenvalue weighted by Gasteiger charge is 2.33. The molecule has 3 heterocycles. The number of aryl methyl sites for hydroxylation is 2. The number of aliphatic hydroxyl groups is 1. The number of amides is 1. The summed E-state index contributed by atoms with van der Waals surface area (Å²) < 4.78 is 1.84. The first-order chi connectivity index (χ1) is 13.1. The number of hydrogen-bond acceptors (Lipinski definition) is 4. The maximum Gasteiger partial charge on any atom is 0.226 e. The molecule has 0 spiro atoms. The summed E-state index contributed by atoms with van der Waals surface area (Å²) in [4.78, 5) is 13.5. The summed E-state index contributed by atoms with van der Waals surface area (Å²) in [6.45, 7) is 3.86. The van der Waals surface area contributed by atoms with Gasteiger partial charge in [0.25, 0.3) is 0 Å². The highest BCUT2D eigenvalue weighted by molar-refractivity contribution is 7.10. The second kappa shape index (κ2) is 7.03. The van der Waals surface area contributed by atoms with Crippen molar-refractivity contribution in [1.82, 2.24) is 9.78 Å². The molecule has 1 atom stereocenters. The quantitative estimate of drug-likeness (QED) is 0.673. The van der Waals surface area contributed by atoms with Crippen molar-refractivity contribution >= 4 is 23.1 Å². The Morgan fingerprint density at radius 3 is 2.96 bits per heavy atom. The Kier molecular flexibility index (Phi) is 4.56. The number of nitrogens with one attached hydrogen (secondary N) is 1. The van der Waals surface area contributed by atoms with Crippen LogP contribution in [0.2, 0.25) is 0 Å². The van der Waals surface area contributed by atoms with E-state index in [1.165, 1.54) is 0 Å². The third kappa shape index (κ3) is 3.16. The lowest BCUT2D eigenvalue weighted by atomic mass is 9.90. The van der Waals surface area contributed by atoms with Gasteiger partial charge in [-0.15, -0.1) is 11.3 Å². The fourth-order valence-corrected chi connectivity index (χ4v) is 4.46. The molecule has 0 fully saturated rings. The lowest BCUT2D eigenvalue weighted by molar-refractivity contribution is -0.116. The summed E-state index contributed by atoms with van der Waals surface area (Å²) in [5, 5.41) is 18.6. The number of nitrogens with zero attached hydrogens (tertiary/aromatic N) is 2. The van der Waals surface area contributed by atoms with Crippen molar-refractivity contribution in [2.24, 2.45) is 0 Å². The van der Waals surface area contributed by atoms with Gasteiger partial charge in [0.15, 0.2) is 0 Å². The average molecular weight is 377 g/mol. The molecule has 1 aliphatic heterocycles. The molecule has 0 saturated heterocycles. The Bertz CT molecular complexity index is 1080. The molecule has 3 aromatic rings. The first-order valence-corrected chi connectivity index (χ1v) is 9.60. The van der Waals surface area contributed by atoms with Gasteiger partial charge in [-0.25, -0.2) is 4.68 Å². The smallest absolute Gasteiger partial charge is 0.226 e. The number of aromatic nitrogens is 2.